The largest absolute Gasteiger partial charge is 0.397 e. The Morgan fingerprint density at radius 1 is 1.38 bits per heavy atom. The number of nitrogens with two attached hydrogens (primary N) is 2. The molecule has 5 heteroatoms. The minimum absolute atomic E-state index is 0.0460. The molecular weight excluding hydrogens is 229 g/mol. The minimum Gasteiger partial charge on any atom is -0.397 e. The van der Waals surface area contributed by atoms with Gasteiger partial charge in [-0.2, -0.15) is 0 Å². The van der Waals surface area contributed by atoms with Gasteiger partial charge in [-0.1, -0.05) is 11.6 Å². The highest BCUT2D eigenvalue weighted by molar-refractivity contribution is 6.33. The van der Waals surface area contributed by atoms with Crippen molar-refractivity contribution in [2.24, 2.45) is 0 Å². The minimum atomic E-state index is -0.520. The van der Waals surface area contributed by atoms with E-state index in [2.05, 4.69) is 0 Å². The maximum Gasteiger partial charge on any atom is 0.169 e. The first-order valence-electron chi connectivity index (χ1n) is 5.28. The van der Waals surface area contributed by atoms with Gasteiger partial charge < -0.3 is 16.4 Å². The number of anilines is 3. The van der Waals surface area contributed by atoms with Gasteiger partial charge in [-0.25, -0.2) is 4.39 Å². The summed E-state index contributed by atoms with van der Waals surface area (Å²) < 4.78 is 14.0. The predicted molar refractivity (Wildman–Crippen MR) is 66.3 cm³/mol. The van der Waals surface area contributed by atoms with E-state index in [1.54, 1.807) is 0 Å². The molecular formula is C11H15ClFN3. The third kappa shape index (κ3) is 1.67. The Balaban J connectivity index is 2.42. The van der Waals surface area contributed by atoms with Gasteiger partial charge in [0.2, 0.25) is 0 Å². The van der Waals surface area contributed by atoms with Crippen LogP contribution in [0.5, 0.6) is 0 Å². The van der Waals surface area contributed by atoms with Crippen LogP contribution in [0.4, 0.5) is 21.5 Å². The van der Waals surface area contributed by atoms with Gasteiger partial charge in [0, 0.05) is 13.1 Å². The zero-order valence-electron chi connectivity index (χ0n) is 9.13. The van der Waals surface area contributed by atoms with Gasteiger partial charge in [0.15, 0.2) is 5.82 Å². The fourth-order valence-corrected chi connectivity index (χ4v) is 2.12. The van der Waals surface area contributed by atoms with Gasteiger partial charge in [-0.15, -0.1) is 0 Å². The molecule has 88 valence electrons. The van der Waals surface area contributed by atoms with Crippen molar-refractivity contribution >= 4 is 28.7 Å². The van der Waals surface area contributed by atoms with Gasteiger partial charge >= 0.3 is 0 Å². The summed E-state index contributed by atoms with van der Waals surface area (Å²) >= 11 is 5.78. The molecule has 2 rings (SSSR count). The monoisotopic (exact) mass is 243 g/mol. The van der Waals surface area contributed by atoms with E-state index < -0.39 is 5.82 Å². The second kappa shape index (κ2) is 4.01. The van der Waals surface area contributed by atoms with Crippen LogP contribution in [0.15, 0.2) is 6.07 Å². The quantitative estimate of drug-likeness (QED) is 0.786. The average Bonchev–Trinajstić information content (AvgIpc) is 2.11. The highest BCUT2D eigenvalue weighted by Gasteiger charge is 2.27. The smallest absolute Gasteiger partial charge is 0.169 e. The number of hydrogen-bond acceptors (Lipinski definition) is 3. The highest BCUT2D eigenvalue weighted by Crippen LogP contribution is 2.38. The van der Waals surface area contributed by atoms with Crippen LogP contribution in [0.3, 0.4) is 0 Å². The molecule has 0 aliphatic heterocycles. The Kier molecular flexibility index (Phi) is 2.84. The van der Waals surface area contributed by atoms with Crippen molar-refractivity contribution in [1.82, 2.24) is 0 Å². The number of hydrogen-bond donors (Lipinski definition) is 2. The fraction of sp³-hybridized carbons (Fsp3) is 0.455. The van der Waals surface area contributed by atoms with Crippen molar-refractivity contribution in [1.29, 1.82) is 0 Å². The standard InChI is InChI=1S/C11H15ClFN3/c1-16(6-3-2-4-6)11-8(15)5-7(14)9(12)10(11)13/h5-6H,2-4,14-15H2,1H3. The van der Waals surface area contributed by atoms with E-state index >= 15 is 0 Å². The van der Waals surface area contributed by atoms with Crippen LogP contribution in [0.2, 0.25) is 5.02 Å². The lowest BCUT2D eigenvalue weighted by Crippen LogP contribution is -2.38. The summed E-state index contributed by atoms with van der Waals surface area (Å²) in [5.41, 5.74) is 12.2. The van der Waals surface area contributed by atoms with Gasteiger partial charge in [0.1, 0.15) is 5.02 Å². The van der Waals surface area contributed by atoms with Crippen LogP contribution in [0.25, 0.3) is 0 Å². The number of benzene rings is 1. The maximum absolute atomic E-state index is 14.0. The zero-order chi connectivity index (χ0) is 11.9. The van der Waals surface area contributed by atoms with Crippen LogP contribution in [-0.4, -0.2) is 13.1 Å². The van der Waals surface area contributed by atoms with Crippen molar-refractivity contribution < 1.29 is 4.39 Å². The fourth-order valence-electron chi connectivity index (χ4n) is 1.97. The Hall–Kier alpha value is -1.16. The number of halogens is 2. The molecule has 1 aliphatic rings. The topological polar surface area (TPSA) is 55.3 Å². The SMILES string of the molecule is CN(c1c(N)cc(N)c(Cl)c1F)C1CCC1. The van der Waals surface area contributed by atoms with E-state index in [1.165, 1.54) is 12.5 Å². The number of nitrogen functional groups attached to an aromatic ring is 2. The van der Waals surface area contributed by atoms with Gasteiger partial charge in [0.25, 0.3) is 0 Å². The Labute approximate surface area is 99.2 Å². The third-order valence-electron chi connectivity index (χ3n) is 3.21. The molecule has 0 bridgehead atoms. The van der Waals surface area contributed by atoms with Crippen LogP contribution >= 0.6 is 11.6 Å². The first-order chi connectivity index (χ1) is 7.52. The summed E-state index contributed by atoms with van der Waals surface area (Å²) in [6.45, 7) is 0. The summed E-state index contributed by atoms with van der Waals surface area (Å²) in [7, 11) is 1.84. The average molecular weight is 244 g/mol. The highest BCUT2D eigenvalue weighted by atomic mass is 35.5. The Morgan fingerprint density at radius 2 is 2.00 bits per heavy atom. The van der Waals surface area contributed by atoms with Crippen LogP contribution in [-0.2, 0) is 0 Å². The summed E-state index contributed by atoms with van der Waals surface area (Å²) in [5.74, 6) is -0.520. The molecule has 0 spiro atoms. The van der Waals surface area contributed by atoms with E-state index in [4.69, 9.17) is 23.1 Å². The zero-order valence-corrected chi connectivity index (χ0v) is 9.89. The van der Waals surface area contributed by atoms with Crippen LogP contribution in [0.1, 0.15) is 19.3 Å². The molecule has 0 aromatic heterocycles. The lowest BCUT2D eigenvalue weighted by molar-refractivity contribution is 0.398. The van der Waals surface area contributed by atoms with Crippen molar-refractivity contribution in [2.45, 2.75) is 25.3 Å². The van der Waals surface area contributed by atoms with Crippen molar-refractivity contribution in [3.63, 3.8) is 0 Å². The first-order valence-corrected chi connectivity index (χ1v) is 5.66. The number of rotatable bonds is 2. The van der Waals surface area contributed by atoms with Crippen molar-refractivity contribution in [2.75, 3.05) is 23.4 Å². The molecule has 0 heterocycles. The molecule has 0 atom stereocenters. The van der Waals surface area contributed by atoms with Crippen LogP contribution < -0.4 is 16.4 Å². The maximum atomic E-state index is 14.0. The molecule has 0 amide bonds. The molecule has 1 aliphatic carbocycles. The molecule has 1 saturated carbocycles. The second-order valence-corrected chi connectivity index (χ2v) is 4.61. The molecule has 16 heavy (non-hydrogen) atoms. The molecule has 0 saturated heterocycles. The lowest BCUT2D eigenvalue weighted by atomic mass is 9.91. The van der Waals surface area contributed by atoms with E-state index in [9.17, 15) is 4.39 Å². The van der Waals surface area contributed by atoms with E-state index in [0.29, 0.717) is 17.4 Å². The summed E-state index contributed by atoms with van der Waals surface area (Å²) in [4.78, 5) is 1.86. The van der Waals surface area contributed by atoms with Gasteiger partial charge in [0.05, 0.1) is 17.1 Å². The number of nitrogens with zero attached hydrogens (tertiary/aromatic N) is 1. The molecule has 0 radical (unpaired) electrons. The lowest BCUT2D eigenvalue weighted by Gasteiger charge is -2.37. The van der Waals surface area contributed by atoms with Gasteiger partial charge in [-0.05, 0) is 25.3 Å². The Morgan fingerprint density at radius 3 is 2.50 bits per heavy atom. The second-order valence-electron chi connectivity index (χ2n) is 4.23. The predicted octanol–water partition coefficient (Wildman–Crippen LogP) is 2.63. The van der Waals surface area contributed by atoms with Crippen molar-refractivity contribution in [3.8, 4) is 0 Å². The summed E-state index contributed by atoms with van der Waals surface area (Å²) in [6.07, 6.45) is 3.31. The van der Waals surface area contributed by atoms with E-state index in [0.717, 1.165) is 12.8 Å². The molecule has 4 N–H and O–H groups in total. The summed E-state index contributed by atoms with van der Waals surface area (Å²) in [6, 6.07) is 1.87. The molecule has 1 aromatic rings. The normalized spacial score (nSPS) is 15.9. The molecule has 1 aromatic carbocycles. The van der Waals surface area contributed by atoms with Crippen molar-refractivity contribution in [3.05, 3.63) is 16.9 Å². The van der Waals surface area contributed by atoms with Gasteiger partial charge in [-0.3, -0.25) is 0 Å². The third-order valence-corrected chi connectivity index (χ3v) is 3.60. The first kappa shape index (κ1) is 11.3. The van der Waals surface area contributed by atoms with E-state index in [1.807, 2.05) is 11.9 Å². The van der Waals surface area contributed by atoms with Crippen LogP contribution in [0, 0.1) is 5.82 Å². The molecule has 1 fully saturated rings. The summed E-state index contributed by atoms with van der Waals surface area (Å²) in [5, 5.41) is -0.0460. The molecule has 3 nitrogen and oxygen atoms in total. The Bertz CT molecular complexity index is 418. The molecule has 0 unspecified atom stereocenters. The van der Waals surface area contributed by atoms with E-state index in [-0.39, 0.29) is 10.7 Å².